The number of carboxylic acid groups (broad SMARTS) is 1. The molecule has 0 bridgehead atoms. The van der Waals surface area contributed by atoms with Crippen molar-refractivity contribution in [2.45, 2.75) is 25.9 Å². The Bertz CT molecular complexity index is 298. The molecule has 0 aliphatic heterocycles. The molecule has 0 unspecified atom stereocenters. The maximum absolute atomic E-state index is 11.7. The Hall–Kier alpha value is -1.36. The number of carbonyl (C=O) groups excluding carboxylic acids is 1. The molecule has 0 aromatic rings. The SMILES string of the molecule is C[C@H](O)CNC(=O)[C@@H]1CC=CC[C@@H]1C(=O)O. The summed E-state index contributed by atoms with van der Waals surface area (Å²) in [6, 6.07) is 0. The predicted octanol–water partition coefficient (Wildman–Crippen LogP) is 0.150. The fraction of sp³-hybridized carbons (Fsp3) is 0.636. The van der Waals surface area contributed by atoms with Crippen LogP contribution in [-0.4, -0.2) is 34.7 Å². The first-order chi connectivity index (χ1) is 7.52. The predicted molar refractivity (Wildman–Crippen MR) is 57.7 cm³/mol. The summed E-state index contributed by atoms with van der Waals surface area (Å²) in [5.74, 6) is -2.42. The second-order valence-corrected chi connectivity index (χ2v) is 4.09. The smallest absolute Gasteiger partial charge is 0.307 e. The largest absolute Gasteiger partial charge is 0.481 e. The monoisotopic (exact) mass is 227 g/mol. The molecule has 0 spiro atoms. The average molecular weight is 227 g/mol. The number of carbonyl (C=O) groups is 2. The minimum absolute atomic E-state index is 0.158. The molecule has 1 amide bonds. The van der Waals surface area contributed by atoms with E-state index in [-0.39, 0.29) is 12.5 Å². The van der Waals surface area contributed by atoms with E-state index in [9.17, 15) is 9.59 Å². The van der Waals surface area contributed by atoms with Gasteiger partial charge in [0.05, 0.1) is 17.9 Å². The van der Waals surface area contributed by atoms with Gasteiger partial charge < -0.3 is 15.5 Å². The molecule has 90 valence electrons. The Morgan fingerprint density at radius 2 is 1.94 bits per heavy atom. The zero-order chi connectivity index (χ0) is 12.1. The third-order valence-corrected chi connectivity index (χ3v) is 2.66. The number of aliphatic hydroxyl groups is 1. The summed E-state index contributed by atoms with van der Waals surface area (Å²) in [7, 11) is 0. The second-order valence-electron chi connectivity index (χ2n) is 4.09. The van der Waals surface area contributed by atoms with E-state index in [1.165, 1.54) is 0 Å². The van der Waals surface area contributed by atoms with Crippen LogP contribution >= 0.6 is 0 Å². The molecule has 0 saturated carbocycles. The van der Waals surface area contributed by atoms with Gasteiger partial charge in [-0.25, -0.2) is 0 Å². The van der Waals surface area contributed by atoms with Crippen molar-refractivity contribution in [1.82, 2.24) is 5.32 Å². The number of hydrogen-bond donors (Lipinski definition) is 3. The summed E-state index contributed by atoms with van der Waals surface area (Å²) in [5.41, 5.74) is 0. The number of amides is 1. The lowest BCUT2D eigenvalue weighted by Gasteiger charge is -2.24. The van der Waals surface area contributed by atoms with Crippen LogP contribution in [0.25, 0.3) is 0 Å². The molecule has 0 saturated heterocycles. The first kappa shape index (κ1) is 12.7. The van der Waals surface area contributed by atoms with Gasteiger partial charge in [-0.05, 0) is 19.8 Å². The zero-order valence-corrected chi connectivity index (χ0v) is 9.22. The van der Waals surface area contributed by atoms with Gasteiger partial charge in [0.2, 0.25) is 5.91 Å². The maximum atomic E-state index is 11.7. The summed E-state index contributed by atoms with van der Waals surface area (Å²) in [6.07, 6.45) is 3.83. The van der Waals surface area contributed by atoms with Gasteiger partial charge in [-0.1, -0.05) is 12.2 Å². The maximum Gasteiger partial charge on any atom is 0.307 e. The Labute approximate surface area is 94.2 Å². The van der Waals surface area contributed by atoms with Gasteiger partial charge in [-0.2, -0.15) is 0 Å². The molecule has 1 rings (SSSR count). The standard InChI is InChI=1S/C11H17NO4/c1-7(13)6-12-10(14)8-4-2-3-5-9(8)11(15)16/h2-3,7-9,13H,4-6H2,1H3,(H,12,14)(H,15,16)/t7-,8+,9-/m0/s1. The first-order valence-corrected chi connectivity index (χ1v) is 5.36. The molecule has 5 heteroatoms. The topological polar surface area (TPSA) is 86.6 Å². The summed E-state index contributed by atoms with van der Waals surface area (Å²) in [4.78, 5) is 22.6. The van der Waals surface area contributed by atoms with Crippen LogP contribution in [0.2, 0.25) is 0 Å². The van der Waals surface area contributed by atoms with Gasteiger partial charge in [-0.3, -0.25) is 9.59 Å². The fourth-order valence-electron chi connectivity index (χ4n) is 1.76. The van der Waals surface area contributed by atoms with E-state index in [1.54, 1.807) is 13.0 Å². The lowest BCUT2D eigenvalue weighted by molar-refractivity contribution is -0.147. The van der Waals surface area contributed by atoms with Crippen LogP contribution in [0.4, 0.5) is 0 Å². The molecule has 3 N–H and O–H groups in total. The summed E-state index contributed by atoms with van der Waals surface area (Å²) >= 11 is 0. The number of carboxylic acids is 1. The highest BCUT2D eigenvalue weighted by molar-refractivity contribution is 5.85. The minimum Gasteiger partial charge on any atom is -0.481 e. The molecule has 0 aromatic heterocycles. The quantitative estimate of drug-likeness (QED) is 0.597. The number of hydrogen-bond acceptors (Lipinski definition) is 3. The molecule has 1 aliphatic rings. The number of aliphatic carboxylic acids is 1. The molecule has 16 heavy (non-hydrogen) atoms. The van der Waals surface area contributed by atoms with Gasteiger partial charge in [-0.15, -0.1) is 0 Å². The van der Waals surface area contributed by atoms with Crippen molar-refractivity contribution in [1.29, 1.82) is 0 Å². The van der Waals surface area contributed by atoms with E-state index in [2.05, 4.69) is 5.32 Å². The number of allylic oxidation sites excluding steroid dienone is 2. The van der Waals surface area contributed by atoms with Crippen molar-refractivity contribution in [3.63, 3.8) is 0 Å². The Morgan fingerprint density at radius 3 is 2.44 bits per heavy atom. The van der Waals surface area contributed by atoms with Crippen molar-refractivity contribution in [3.8, 4) is 0 Å². The third-order valence-electron chi connectivity index (χ3n) is 2.66. The van der Waals surface area contributed by atoms with Gasteiger partial charge in [0.1, 0.15) is 0 Å². The molecule has 5 nitrogen and oxygen atoms in total. The van der Waals surface area contributed by atoms with E-state index < -0.39 is 23.9 Å². The molecule has 1 aliphatic carbocycles. The van der Waals surface area contributed by atoms with Crippen LogP contribution in [0, 0.1) is 11.8 Å². The van der Waals surface area contributed by atoms with Crippen LogP contribution in [0.5, 0.6) is 0 Å². The molecule has 3 atom stereocenters. The molecule has 0 fully saturated rings. The van der Waals surface area contributed by atoms with Crippen molar-refractivity contribution in [2.24, 2.45) is 11.8 Å². The van der Waals surface area contributed by atoms with Gasteiger partial charge >= 0.3 is 5.97 Å². The highest BCUT2D eigenvalue weighted by Gasteiger charge is 2.33. The van der Waals surface area contributed by atoms with Crippen molar-refractivity contribution >= 4 is 11.9 Å². The summed E-state index contributed by atoms with van der Waals surface area (Å²) in [5, 5.41) is 20.6. The molecular weight excluding hydrogens is 210 g/mol. The summed E-state index contributed by atoms with van der Waals surface area (Å²) < 4.78 is 0. The van der Waals surface area contributed by atoms with Gasteiger partial charge in [0.25, 0.3) is 0 Å². The number of aliphatic hydroxyl groups excluding tert-OH is 1. The van der Waals surface area contributed by atoms with Crippen molar-refractivity contribution in [3.05, 3.63) is 12.2 Å². The van der Waals surface area contributed by atoms with Crippen LogP contribution < -0.4 is 5.32 Å². The Kier molecular flexibility index (Phi) is 4.49. The van der Waals surface area contributed by atoms with Crippen LogP contribution in [-0.2, 0) is 9.59 Å². The van der Waals surface area contributed by atoms with Crippen LogP contribution in [0.15, 0.2) is 12.2 Å². The van der Waals surface area contributed by atoms with Crippen molar-refractivity contribution in [2.75, 3.05) is 6.54 Å². The molecular formula is C11H17NO4. The lowest BCUT2D eigenvalue weighted by Crippen LogP contribution is -2.41. The number of nitrogens with one attached hydrogen (secondary N) is 1. The summed E-state index contributed by atoms with van der Waals surface area (Å²) in [6.45, 7) is 1.72. The second kappa shape index (κ2) is 5.65. The molecule has 0 aromatic carbocycles. The van der Waals surface area contributed by atoms with E-state index in [1.807, 2.05) is 6.08 Å². The highest BCUT2D eigenvalue weighted by Crippen LogP contribution is 2.25. The zero-order valence-electron chi connectivity index (χ0n) is 9.22. The third kappa shape index (κ3) is 3.34. The van der Waals surface area contributed by atoms with E-state index in [0.717, 1.165) is 0 Å². The van der Waals surface area contributed by atoms with E-state index in [4.69, 9.17) is 10.2 Å². The molecule has 0 heterocycles. The fourth-order valence-corrected chi connectivity index (χ4v) is 1.76. The van der Waals surface area contributed by atoms with Crippen molar-refractivity contribution < 1.29 is 19.8 Å². The first-order valence-electron chi connectivity index (χ1n) is 5.36. The number of rotatable bonds is 4. The average Bonchev–Trinajstić information content (AvgIpc) is 2.25. The highest BCUT2D eigenvalue weighted by atomic mass is 16.4. The van der Waals surface area contributed by atoms with E-state index in [0.29, 0.717) is 12.8 Å². The van der Waals surface area contributed by atoms with Gasteiger partial charge in [0, 0.05) is 6.54 Å². The Balaban J connectivity index is 2.58. The Morgan fingerprint density at radius 1 is 1.38 bits per heavy atom. The molecule has 0 radical (unpaired) electrons. The minimum atomic E-state index is -0.943. The van der Waals surface area contributed by atoms with Crippen LogP contribution in [0.3, 0.4) is 0 Å². The van der Waals surface area contributed by atoms with Crippen LogP contribution in [0.1, 0.15) is 19.8 Å². The van der Waals surface area contributed by atoms with Gasteiger partial charge in [0.15, 0.2) is 0 Å². The normalized spacial score (nSPS) is 26.1. The lowest BCUT2D eigenvalue weighted by atomic mass is 9.82. The van der Waals surface area contributed by atoms with E-state index >= 15 is 0 Å².